The molecule has 0 bridgehead atoms. The molecule has 172 valence electrons. The minimum atomic E-state index is -0.837. The van der Waals surface area contributed by atoms with Gasteiger partial charge in [-0.25, -0.2) is 4.79 Å². The number of aliphatic imine (C=N–C) groups is 1. The molecule has 2 unspecified atom stereocenters. The predicted octanol–water partition coefficient (Wildman–Crippen LogP) is 4.01. The monoisotopic (exact) mass is 433 g/mol. The van der Waals surface area contributed by atoms with Gasteiger partial charge in [-0.05, 0) is 43.6 Å². The molecule has 8 nitrogen and oxygen atoms in total. The first-order valence-electron chi connectivity index (χ1n) is 11.5. The molecule has 3 rings (SSSR count). The Morgan fingerprint density at radius 1 is 1.29 bits per heavy atom. The van der Waals surface area contributed by atoms with Crippen LogP contribution in [0.1, 0.15) is 71.1 Å². The van der Waals surface area contributed by atoms with Crippen molar-refractivity contribution in [2.24, 2.45) is 16.6 Å². The number of nitrogens with zero attached hydrogens (tertiary/aromatic N) is 2. The Balaban J connectivity index is 1.19. The molecular formula is C23H35N3O5. The molecule has 2 atom stereocenters. The maximum Gasteiger partial charge on any atom is 0.534 e. The van der Waals surface area contributed by atoms with Gasteiger partial charge in [-0.2, -0.15) is 0 Å². The summed E-state index contributed by atoms with van der Waals surface area (Å²) < 4.78 is 10.2. The van der Waals surface area contributed by atoms with Gasteiger partial charge in [0.25, 0.3) is 5.91 Å². The van der Waals surface area contributed by atoms with Crippen LogP contribution in [0.25, 0.3) is 0 Å². The molecule has 1 amide bonds. The van der Waals surface area contributed by atoms with Crippen LogP contribution in [0.15, 0.2) is 28.4 Å². The molecule has 1 saturated carbocycles. The highest BCUT2D eigenvalue weighted by Gasteiger charge is 2.35. The predicted molar refractivity (Wildman–Crippen MR) is 117 cm³/mol. The third kappa shape index (κ3) is 8.73. The van der Waals surface area contributed by atoms with Crippen molar-refractivity contribution >= 4 is 17.9 Å². The van der Waals surface area contributed by atoms with Gasteiger partial charge in [-0.3, -0.25) is 14.6 Å². The van der Waals surface area contributed by atoms with Crippen LogP contribution in [0, 0.1) is 5.92 Å². The Bertz CT molecular complexity index is 721. The van der Waals surface area contributed by atoms with Gasteiger partial charge in [0.2, 0.25) is 0 Å². The number of ether oxygens (including phenoxy) is 2. The fraction of sp³-hybridized carbons (Fsp3) is 0.696. The fourth-order valence-electron chi connectivity index (χ4n) is 3.62. The summed E-state index contributed by atoms with van der Waals surface area (Å²) in [4.78, 5) is 33.1. The molecule has 2 aliphatic heterocycles. The Kier molecular flexibility index (Phi) is 8.94. The van der Waals surface area contributed by atoms with E-state index in [-0.39, 0.29) is 12.5 Å². The lowest BCUT2D eigenvalue weighted by Gasteiger charge is -2.15. The molecule has 0 aromatic carbocycles. The Morgan fingerprint density at radius 3 is 2.84 bits per heavy atom. The summed E-state index contributed by atoms with van der Waals surface area (Å²) in [6.07, 6.45) is 12.4. The zero-order valence-electron chi connectivity index (χ0n) is 18.5. The molecular weight excluding hydrogens is 398 g/mol. The van der Waals surface area contributed by atoms with Crippen LogP contribution in [0.3, 0.4) is 0 Å². The molecule has 0 aromatic rings. The number of rotatable bonds is 13. The topological polar surface area (TPSA) is 107 Å². The average molecular weight is 434 g/mol. The van der Waals surface area contributed by atoms with Gasteiger partial charge >= 0.3 is 6.16 Å². The van der Waals surface area contributed by atoms with Crippen molar-refractivity contribution in [1.82, 2.24) is 5.06 Å². The highest BCUT2D eigenvalue weighted by Crippen LogP contribution is 2.38. The number of unbranched alkanes of at least 4 members (excludes halogenated alkanes) is 2. The molecule has 1 aliphatic carbocycles. The summed E-state index contributed by atoms with van der Waals surface area (Å²) in [5.41, 5.74) is 8.04. The summed E-state index contributed by atoms with van der Waals surface area (Å²) in [5.74, 6) is 1.08. The van der Waals surface area contributed by atoms with E-state index in [2.05, 4.69) is 11.9 Å². The van der Waals surface area contributed by atoms with Crippen LogP contribution in [0.4, 0.5) is 4.79 Å². The SMILES string of the molecule is CC(CCCCC=CCOC(=O)ON1C(=O)CCC1=C1CC1)CC(N)=NCCC1CO1. The van der Waals surface area contributed by atoms with Crippen LogP contribution in [0.2, 0.25) is 0 Å². The van der Waals surface area contributed by atoms with Gasteiger partial charge in [-0.1, -0.05) is 31.9 Å². The Hall–Kier alpha value is -2.35. The summed E-state index contributed by atoms with van der Waals surface area (Å²) in [6, 6.07) is 0. The Labute approximate surface area is 184 Å². The van der Waals surface area contributed by atoms with Gasteiger partial charge in [-0.15, -0.1) is 5.06 Å². The van der Waals surface area contributed by atoms with Gasteiger partial charge in [0.15, 0.2) is 0 Å². The van der Waals surface area contributed by atoms with Crippen molar-refractivity contribution in [3.05, 3.63) is 23.4 Å². The van der Waals surface area contributed by atoms with E-state index in [0.29, 0.717) is 24.9 Å². The largest absolute Gasteiger partial charge is 0.534 e. The standard InChI is InChI=1S/C23H35N3O5/c1-17(15-21(24)25-13-12-19-16-30-19)7-5-3-2-4-6-14-29-23(28)31-26-20(18-8-9-18)10-11-22(26)27/h4,6,17,19H,2-3,5,7-16H2,1H3,(H2,24,25). The molecule has 3 aliphatic rings. The third-order valence-corrected chi connectivity index (χ3v) is 5.63. The van der Waals surface area contributed by atoms with E-state index in [4.69, 9.17) is 20.0 Å². The second-order valence-corrected chi connectivity index (χ2v) is 8.57. The molecule has 2 heterocycles. The highest BCUT2D eigenvalue weighted by molar-refractivity contribution is 5.82. The van der Waals surface area contributed by atoms with Crippen molar-refractivity contribution in [1.29, 1.82) is 0 Å². The molecule has 0 aromatic heterocycles. The van der Waals surface area contributed by atoms with Crippen LogP contribution in [0.5, 0.6) is 0 Å². The number of hydrogen-bond acceptors (Lipinski definition) is 6. The maximum atomic E-state index is 11.8. The third-order valence-electron chi connectivity index (χ3n) is 5.63. The molecule has 3 fully saturated rings. The number of carbonyl (C=O) groups is 2. The number of amidine groups is 1. The zero-order chi connectivity index (χ0) is 22.1. The number of epoxide rings is 1. The normalized spacial score (nSPS) is 21.7. The fourth-order valence-corrected chi connectivity index (χ4v) is 3.62. The van der Waals surface area contributed by atoms with Crippen LogP contribution in [-0.4, -0.2) is 48.8 Å². The van der Waals surface area contributed by atoms with Crippen molar-refractivity contribution in [2.45, 2.75) is 77.2 Å². The summed E-state index contributed by atoms with van der Waals surface area (Å²) in [6.45, 7) is 3.98. The number of amides is 1. The van der Waals surface area contributed by atoms with Gasteiger partial charge in [0, 0.05) is 25.8 Å². The lowest BCUT2D eigenvalue weighted by molar-refractivity contribution is -0.157. The Morgan fingerprint density at radius 2 is 2.10 bits per heavy atom. The quantitative estimate of drug-likeness (QED) is 0.117. The molecule has 0 radical (unpaired) electrons. The number of hydrogen-bond donors (Lipinski definition) is 1. The summed E-state index contributed by atoms with van der Waals surface area (Å²) >= 11 is 0. The lowest BCUT2D eigenvalue weighted by Crippen LogP contribution is -2.27. The molecule has 8 heteroatoms. The first-order valence-corrected chi connectivity index (χ1v) is 11.5. The van der Waals surface area contributed by atoms with E-state index in [1.807, 2.05) is 12.2 Å². The summed E-state index contributed by atoms with van der Waals surface area (Å²) in [5, 5.41) is 1.12. The van der Waals surface area contributed by atoms with E-state index in [0.717, 1.165) is 81.1 Å². The van der Waals surface area contributed by atoms with E-state index in [9.17, 15) is 9.59 Å². The van der Waals surface area contributed by atoms with Crippen LogP contribution < -0.4 is 5.73 Å². The van der Waals surface area contributed by atoms with Gasteiger partial charge < -0.3 is 15.2 Å². The second-order valence-electron chi connectivity index (χ2n) is 8.57. The van der Waals surface area contributed by atoms with Crippen LogP contribution >= 0.6 is 0 Å². The highest BCUT2D eigenvalue weighted by atomic mass is 16.8. The minimum Gasteiger partial charge on any atom is -0.428 e. The van der Waals surface area contributed by atoms with Crippen molar-refractivity contribution in [2.75, 3.05) is 19.8 Å². The zero-order valence-corrected chi connectivity index (χ0v) is 18.5. The van der Waals surface area contributed by atoms with Crippen molar-refractivity contribution < 1.29 is 23.9 Å². The van der Waals surface area contributed by atoms with Crippen molar-refractivity contribution in [3.63, 3.8) is 0 Å². The molecule has 31 heavy (non-hydrogen) atoms. The lowest BCUT2D eigenvalue weighted by atomic mass is 9.99. The molecule has 0 spiro atoms. The van der Waals surface area contributed by atoms with E-state index >= 15 is 0 Å². The van der Waals surface area contributed by atoms with Crippen LogP contribution in [-0.2, 0) is 19.1 Å². The number of carbonyl (C=O) groups excluding carboxylic acids is 2. The van der Waals surface area contributed by atoms with E-state index in [1.165, 1.54) is 5.57 Å². The maximum absolute atomic E-state index is 11.8. The smallest absolute Gasteiger partial charge is 0.428 e. The first kappa shape index (κ1) is 23.3. The van der Waals surface area contributed by atoms with Gasteiger partial charge in [0.1, 0.15) is 6.61 Å². The number of nitrogens with two attached hydrogens (primary N) is 1. The van der Waals surface area contributed by atoms with Gasteiger partial charge in [0.05, 0.1) is 24.2 Å². The second kappa shape index (κ2) is 11.9. The number of allylic oxidation sites excluding steroid dienone is 3. The van der Waals surface area contributed by atoms with Crippen molar-refractivity contribution in [3.8, 4) is 0 Å². The number of hydroxylamine groups is 2. The molecule has 2 N–H and O–H groups in total. The minimum absolute atomic E-state index is 0.141. The van der Waals surface area contributed by atoms with E-state index in [1.54, 1.807) is 0 Å². The average Bonchev–Trinajstić information content (AvgIpc) is 3.65. The summed E-state index contributed by atoms with van der Waals surface area (Å²) in [7, 11) is 0. The van der Waals surface area contributed by atoms with E-state index < -0.39 is 6.16 Å². The molecule has 2 saturated heterocycles. The first-order chi connectivity index (χ1) is 15.0.